The number of rotatable bonds is 5. The van der Waals surface area contributed by atoms with E-state index in [1.807, 2.05) is 0 Å². The molecular weight excluding hydrogens is 691 g/mol. The Morgan fingerprint density at radius 2 is 0.526 bits per heavy atom. The van der Waals surface area contributed by atoms with Crippen molar-refractivity contribution in [1.29, 1.82) is 0 Å². The highest BCUT2D eigenvalue weighted by molar-refractivity contribution is 6.40. The van der Waals surface area contributed by atoms with Crippen LogP contribution in [-0.4, -0.2) is 13.7 Å². The van der Waals surface area contributed by atoms with Gasteiger partial charge in [0.15, 0.2) is 0 Å². The van der Waals surface area contributed by atoms with Gasteiger partial charge in [-0.15, -0.1) is 0 Å². The largest absolute Gasteiger partial charge is 0.308 e. The van der Waals surface area contributed by atoms with Gasteiger partial charge in [-0.25, -0.2) is 0 Å². The molecule has 12 rings (SSSR count). The summed E-state index contributed by atoms with van der Waals surface area (Å²) < 4.78 is 7.57. The van der Waals surface area contributed by atoms with Crippen molar-refractivity contribution in [3.8, 4) is 39.3 Å². The van der Waals surface area contributed by atoms with Crippen LogP contribution < -0.4 is 0 Å². The van der Waals surface area contributed by atoms with Crippen molar-refractivity contribution in [2.45, 2.75) is 0 Å². The minimum atomic E-state index is 1.13. The van der Waals surface area contributed by atoms with Crippen LogP contribution in [0.3, 0.4) is 0 Å². The molecule has 0 N–H and O–H groups in total. The van der Waals surface area contributed by atoms with E-state index in [9.17, 15) is 0 Å². The van der Waals surface area contributed by atoms with Gasteiger partial charge >= 0.3 is 0 Å². The monoisotopic (exact) mass is 725 g/mol. The van der Waals surface area contributed by atoms with E-state index in [1.165, 1.54) is 87.7 Å². The lowest BCUT2D eigenvalue weighted by Crippen LogP contribution is -1.98. The average molecular weight is 726 g/mol. The Morgan fingerprint density at radius 3 is 0.895 bits per heavy atom. The van der Waals surface area contributed by atoms with Gasteiger partial charge in [0, 0.05) is 49.4 Å². The molecular formula is C54H35N3. The third-order valence-electron chi connectivity index (χ3n) is 11.8. The van der Waals surface area contributed by atoms with E-state index in [2.05, 4.69) is 226 Å². The third kappa shape index (κ3) is 4.66. The molecule has 266 valence electrons. The van der Waals surface area contributed by atoms with Crippen molar-refractivity contribution in [2.75, 3.05) is 0 Å². The number of hydrogen-bond donors (Lipinski definition) is 0. The fourth-order valence-corrected chi connectivity index (χ4v) is 9.44. The van der Waals surface area contributed by atoms with Crippen LogP contribution in [0.25, 0.3) is 105 Å². The highest BCUT2D eigenvalue weighted by Gasteiger charge is 2.28. The molecule has 0 bridgehead atoms. The standard InChI is InChI=1S/C54H35N3/c1-5-19-36(20-6-1)38-33-39(37-21-7-2-8-22-37)35-42(34-38)57-48-32-18-15-29-45(48)51-53-49(43-27-13-16-30-46(43)55(53)40-23-9-3-10-24-40)52-50(54(51)57)44-28-14-17-31-47(44)56(52)41-25-11-4-12-26-41/h1-35H. The van der Waals surface area contributed by atoms with E-state index < -0.39 is 0 Å². The lowest BCUT2D eigenvalue weighted by molar-refractivity contribution is 1.17. The SMILES string of the molecule is c1ccc(-c2cc(-c3ccccc3)cc(-n3c4ccccc4c4c5c(c6ccccc6n5-c5ccccc5)c5c(c6ccccc6n5-c5ccccc5)c43)c2)cc1. The van der Waals surface area contributed by atoms with E-state index in [1.54, 1.807) is 0 Å². The highest BCUT2D eigenvalue weighted by Crippen LogP contribution is 2.50. The molecule has 0 aliphatic carbocycles. The maximum atomic E-state index is 2.56. The fourth-order valence-electron chi connectivity index (χ4n) is 9.44. The van der Waals surface area contributed by atoms with Crippen molar-refractivity contribution in [2.24, 2.45) is 0 Å². The van der Waals surface area contributed by atoms with Gasteiger partial charge in [0.25, 0.3) is 0 Å². The molecule has 0 spiro atoms. The molecule has 0 unspecified atom stereocenters. The Hall–Kier alpha value is -7.62. The first-order chi connectivity index (χ1) is 28.3. The lowest BCUT2D eigenvalue weighted by atomic mass is 9.97. The summed E-state index contributed by atoms with van der Waals surface area (Å²) >= 11 is 0. The van der Waals surface area contributed by atoms with Gasteiger partial charge in [-0.2, -0.15) is 0 Å². The average Bonchev–Trinajstić information content (AvgIpc) is 3.93. The molecule has 0 atom stereocenters. The Balaban J connectivity index is 1.38. The summed E-state index contributed by atoms with van der Waals surface area (Å²) in [5.41, 5.74) is 15.3. The molecule has 0 aliphatic rings. The van der Waals surface area contributed by atoms with E-state index in [-0.39, 0.29) is 0 Å². The molecule has 12 aromatic rings. The summed E-state index contributed by atoms with van der Waals surface area (Å²) in [5.74, 6) is 0. The van der Waals surface area contributed by atoms with Gasteiger partial charge in [-0.05, 0) is 82.9 Å². The molecule has 0 fully saturated rings. The molecule has 3 nitrogen and oxygen atoms in total. The van der Waals surface area contributed by atoms with Crippen LogP contribution in [0.2, 0.25) is 0 Å². The quantitative estimate of drug-likeness (QED) is 0.168. The van der Waals surface area contributed by atoms with Gasteiger partial charge in [0.2, 0.25) is 0 Å². The normalized spacial score (nSPS) is 11.9. The third-order valence-corrected chi connectivity index (χ3v) is 11.8. The van der Waals surface area contributed by atoms with Crippen molar-refractivity contribution in [3.63, 3.8) is 0 Å². The van der Waals surface area contributed by atoms with Crippen molar-refractivity contribution >= 4 is 65.4 Å². The Kier molecular flexibility index (Phi) is 6.93. The van der Waals surface area contributed by atoms with Gasteiger partial charge in [0.1, 0.15) is 0 Å². The van der Waals surface area contributed by atoms with E-state index in [0.29, 0.717) is 0 Å². The number of hydrogen-bond acceptors (Lipinski definition) is 0. The fraction of sp³-hybridized carbons (Fsp3) is 0. The van der Waals surface area contributed by atoms with Gasteiger partial charge < -0.3 is 13.7 Å². The maximum absolute atomic E-state index is 2.56. The van der Waals surface area contributed by atoms with E-state index in [4.69, 9.17) is 0 Å². The lowest BCUT2D eigenvalue weighted by Gasteiger charge is -2.16. The van der Waals surface area contributed by atoms with Crippen LogP contribution in [0.5, 0.6) is 0 Å². The van der Waals surface area contributed by atoms with Crippen molar-refractivity contribution in [3.05, 3.63) is 212 Å². The molecule has 3 heterocycles. The summed E-state index contributed by atoms with van der Waals surface area (Å²) in [4.78, 5) is 0. The summed E-state index contributed by atoms with van der Waals surface area (Å²) in [7, 11) is 0. The summed E-state index contributed by atoms with van der Waals surface area (Å²) in [6.45, 7) is 0. The van der Waals surface area contributed by atoms with Crippen LogP contribution in [0.15, 0.2) is 212 Å². The molecule has 0 radical (unpaired) electrons. The zero-order valence-corrected chi connectivity index (χ0v) is 31.0. The molecule has 9 aromatic carbocycles. The molecule has 3 aromatic heterocycles. The molecule has 0 amide bonds. The number of fused-ring (bicyclic) bond motifs is 12. The topological polar surface area (TPSA) is 14.8 Å². The minimum Gasteiger partial charge on any atom is -0.308 e. The minimum absolute atomic E-state index is 1.13. The number of nitrogens with zero attached hydrogens (tertiary/aromatic N) is 3. The predicted octanol–water partition coefficient (Wildman–Crippen LogP) is 14.3. The highest BCUT2D eigenvalue weighted by atomic mass is 15.0. The predicted molar refractivity (Wildman–Crippen MR) is 240 cm³/mol. The Labute approximate surface area is 329 Å². The smallest absolute Gasteiger partial charge is 0.0663 e. The van der Waals surface area contributed by atoms with E-state index in [0.717, 1.165) is 17.1 Å². The van der Waals surface area contributed by atoms with Gasteiger partial charge in [-0.1, -0.05) is 152 Å². The molecule has 0 saturated carbocycles. The molecule has 0 saturated heterocycles. The second kappa shape index (κ2) is 12.5. The zero-order chi connectivity index (χ0) is 37.5. The van der Waals surface area contributed by atoms with Crippen LogP contribution in [0.1, 0.15) is 0 Å². The second-order valence-corrected chi connectivity index (χ2v) is 14.9. The van der Waals surface area contributed by atoms with Gasteiger partial charge in [0.05, 0.1) is 33.1 Å². The van der Waals surface area contributed by atoms with Crippen molar-refractivity contribution in [1.82, 2.24) is 13.7 Å². The number of benzene rings is 9. The van der Waals surface area contributed by atoms with Crippen LogP contribution in [0.4, 0.5) is 0 Å². The summed E-state index contributed by atoms with van der Waals surface area (Å²) in [5, 5.41) is 7.43. The Morgan fingerprint density at radius 1 is 0.228 bits per heavy atom. The first-order valence-corrected chi connectivity index (χ1v) is 19.6. The van der Waals surface area contributed by atoms with Crippen LogP contribution >= 0.6 is 0 Å². The number of aromatic nitrogens is 3. The summed E-state index contributed by atoms with van der Waals surface area (Å²) in [6.07, 6.45) is 0. The van der Waals surface area contributed by atoms with Gasteiger partial charge in [-0.3, -0.25) is 0 Å². The molecule has 0 aliphatic heterocycles. The van der Waals surface area contributed by atoms with Crippen LogP contribution in [0, 0.1) is 0 Å². The first-order valence-electron chi connectivity index (χ1n) is 19.6. The summed E-state index contributed by atoms with van der Waals surface area (Å²) in [6, 6.07) is 77.4. The van der Waals surface area contributed by atoms with E-state index >= 15 is 0 Å². The maximum Gasteiger partial charge on any atom is 0.0663 e. The second-order valence-electron chi connectivity index (χ2n) is 14.9. The molecule has 57 heavy (non-hydrogen) atoms. The number of para-hydroxylation sites is 5. The first kappa shape index (κ1) is 31.7. The molecule has 3 heteroatoms. The van der Waals surface area contributed by atoms with Crippen molar-refractivity contribution < 1.29 is 0 Å². The van der Waals surface area contributed by atoms with Crippen LogP contribution in [-0.2, 0) is 0 Å². The zero-order valence-electron chi connectivity index (χ0n) is 31.0. The Bertz CT molecular complexity index is 3350.